The van der Waals surface area contributed by atoms with Crippen LogP contribution in [0.2, 0.25) is 0 Å². The van der Waals surface area contributed by atoms with Crippen LogP contribution in [-0.4, -0.2) is 16.5 Å². The van der Waals surface area contributed by atoms with E-state index in [1.807, 2.05) is 0 Å². The molecule has 17 heavy (non-hydrogen) atoms. The fourth-order valence-corrected chi connectivity index (χ4v) is 1.96. The molecule has 1 heterocycles. The molecule has 1 aliphatic carbocycles. The first kappa shape index (κ1) is 12.3. The van der Waals surface area contributed by atoms with Crippen LogP contribution in [-0.2, 0) is 5.41 Å². The van der Waals surface area contributed by atoms with Gasteiger partial charge in [-0.1, -0.05) is 20.8 Å². The summed E-state index contributed by atoms with van der Waals surface area (Å²) in [6.45, 7) is 11.7. The summed E-state index contributed by atoms with van der Waals surface area (Å²) in [5.41, 5.74) is 2.52. The van der Waals surface area contributed by atoms with Crippen LogP contribution in [0.15, 0.2) is 0 Å². The summed E-state index contributed by atoms with van der Waals surface area (Å²) in [6.07, 6.45) is 2.57. The minimum absolute atomic E-state index is 0.0154. The van der Waals surface area contributed by atoms with Crippen LogP contribution in [0.3, 0.4) is 0 Å². The van der Waals surface area contributed by atoms with Crippen LogP contribution in [0.25, 0.3) is 0 Å². The standard InChI is InChI=1S/C14H23N3/c1-6-15-12-9(2)11(10-7-8-10)16-13(17-12)14(3,4)5/h10H,6-8H2,1-5H3,(H,15,16,17). The lowest BCUT2D eigenvalue weighted by Crippen LogP contribution is -2.19. The van der Waals surface area contributed by atoms with Gasteiger partial charge >= 0.3 is 0 Å². The molecule has 1 aromatic rings. The van der Waals surface area contributed by atoms with Gasteiger partial charge in [0.05, 0.1) is 5.69 Å². The maximum absolute atomic E-state index is 4.80. The summed E-state index contributed by atoms with van der Waals surface area (Å²) in [5, 5.41) is 3.36. The number of nitrogens with zero attached hydrogens (tertiary/aromatic N) is 2. The number of aromatic nitrogens is 2. The molecule has 1 N–H and O–H groups in total. The smallest absolute Gasteiger partial charge is 0.136 e. The number of hydrogen-bond acceptors (Lipinski definition) is 3. The van der Waals surface area contributed by atoms with Crippen molar-refractivity contribution in [3.05, 3.63) is 17.1 Å². The number of rotatable bonds is 3. The first-order valence-electron chi connectivity index (χ1n) is 6.56. The van der Waals surface area contributed by atoms with E-state index in [1.54, 1.807) is 0 Å². The first-order valence-corrected chi connectivity index (χ1v) is 6.56. The molecule has 0 radical (unpaired) electrons. The van der Waals surface area contributed by atoms with Crippen molar-refractivity contribution in [2.45, 2.75) is 58.8 Å². The lowest BCUT2D eigenvalue weighted by atomic mass is 9.95. The normalized spacial score (nSPS) is 16.1. The van der Waals surface area contributed by atoms with Gasteiger partial charge in [0.1, 0.15) is 11.6 Å². The van der Waals surface area contributed by atoms with Crippen molar-refractivity contribution in [1.82, 2.24) is 9.97 Å². The quantitative estimate of drug-likeness (QED) is 0.869. The second-order valence-electron chi connectivity index (χ2n) is 5.96. The van der Waals surface area contributed by atoms with Crippen LogP contribution in [0.1, 0.15) is 63.5 Å². The van der Waals surface area contributed by atoms with Crippen LogP contribution in [0.4, 0.5) is 5.82 Å². The Morgan fingerprint density at radius 2 is 1.88 bits per heavy atom. The Bertz CT molecular complexity index is 414. The van der Waals surface area contributed by atoms with Gasteiger partial charge in [-0.05, 0) is 26.7 Å². The van der Waals surface area contributed by atoms with Crippen molar-refractivity contribution in [2.75, 3.05) is 11.9 Å². The van der Waals surface area contributed by atoms with Gasteiger partial charge in [0.2, 0.25) is 0 Å². The van der Waals surface area contributed by atoms with E-state index in [4.69, 9.17) is 4.98 Å². The van der Waals surface area contributed by atoms with E-state index in [-0.39, 0.29) is 5.41 Å². The van der Waals surface area contributed by atoms with Crippen molar-refractivity contribution in [2.24, 2.45) is 0 Å². The summed E-state index contributed by atoms with van der Waals surface area (Å²) in [7, 11) is 0. The molecule has 94 valence electrons. The lowest BCUT2D eigenvalue weighted by Gasteiger charge is -2.20. The highest BCUT2D eigenvalue weighted by Gasteiger charge is 2.30. The van der Waals surface area contributed by atoms with Gasteiger partial charge in [0, 0.05) is 23.4 Å². The van der Waals surface area contributed by atoms with Gasteiger partial charge in [0.15, 0.2) is 0 Å². The van der Waals surface area contributed by atoms with Gasteiger partial charge in [0.25, 0.3) is 0 Å². The van der Waals surface area contributed by atoms with E-state index in [2.05, 4.69) is 44.9 Å². The maximum atomic E-state index is 4.80. The van der Waals surface area contributed by atoms with Crippen molar-refractivity contribution in [3.8, 4) is 0 Å². The van der Waals surface area contributed by atoms with Gasteiger partial charge in [-0.2, -0.15) is 0 Å². The third kappa shape index (κ3) is 2.59. The monoisotopic (exact) mass is 233 g/mol. The molecule has 0 aliphatic heterocycles. The molecule has 1 aromatic heterocycles. The average molecular weight is 233 g/mol. The maximum Gasteiger partial charge on any atom is 0.136 e. The molecule has 3 nitrogen and oxygen atoms in total. The van der Waals surface area contributed by atoms with E-state index in [1.165, 1.54) is 24.1 Å². The molecule has 0 unspecified atom stereocenters. The molecule has 2 rings (SSSR count). The molecule has 3 heteroatoms. The Balaban J connectivity index is 2.48. The summed E-state index contributed by atoms with van der Waals surface area (Å²) >= 11 is 0. The van der Waals surface area contributed by atoms with E-state index >= 15 is 0 Å². The minimum atomic E-state index is 0.0154. The third-order valence-corrected chi connectivity index (χ3v) is 3.16. The summed E-state index contributed by atoms with van der Waals surface area (Å²) in [6, 6.07) is 0. The molecule has 0 saturated heterocycles. The third-order valence-electron chi connectivity index (χ3n) is 3.16. The molecule has 0 aromatic carbocycles. The van der Waals surface area contributed by atoms with Crippen LogP contribution < -0.4 is 5.32 Å². The van der Waals surface area contributed by atoms with E-state index in [0.717, 1.165) is 18.2 Å². The van der Waals surface area contributed by atoms with Crippen LogP contribution >= 0.6 is 0 Å². The largest absolute Gasteiger partial charge is 0.370 e. The Labute approximate surface area is 104 Å². The van der Waals surface area contributed by atoms with Crippen molar-refractivity contribution in [1.29, 1.82) is 0 Å². The minimum Gasteiger partial charge on any atom is -0.370 e. The second kappa shape index (κ2) is 4.28. The van der Waals surface area contributed by atoms with E-state index in [0.29, 0.717) is 5.92 Å². The van der Waals surface area contributed by atoms with Crippen LogP contribution in [0.5, 0.6) is 0 Å². The predicted molar refractivity (Wildman–Crippen MR) is 71.6 cm³/mol. The van der Waals surface area contributed by atoms with Crippen molar-refractivity contribution >= 4 is 5.82 Å². The van der Waals surface area contributed by atoms with E-state index < -0.39 is 0 Å². The molecule has 1 fully saturated rings. The molecule has 0 bridgehead atoms. The predicted octanol–water partition coefficient (Wildman–Crippen LogP) is 3.39. The topological polar surface area (TPSA) is 37.8 Å². The fourth-order valence-electron chi connectivity index (χ4n) is 1.96. The number of hydrogen-bond donors (Lipinski definition) is 1. The van der Waals surface area contributed by atoms with Gasteiger partial charge < -0.3 is 5.32 Å². The number of anilines is 1. The van der Waals surface area contributed by atoms with Gasteiger partial charge in [-0.3, -0.25) is 0 Å². The summed E-state index contributed by atoms with van der Waals surface area (Å²) < 4.78 is 0. The fraction of sp³-hybridized carbons (Fsp3) is 0.714. The molecule has 0 spiro atoms. The Kier molecular flexibility index (Phi) is 3.11. The Hall–Kier alpha value is -1.12. The van der Waals surface area contributed by atoms with Gasteiger partial charge in [-0.25, -0.2) is 9.97 Å². The zero-order valence-corrected chi connectivity index (χ0v) is 11.6. The first-order chi connectivity index (χ1) is 7.93. The zero-order valence-electron chi connectivity index (χ0n) is 11.6. The second-order valence-corrected chi connectivity index (χ2v) is 5.96. The lowest BCUT2D eigenvalue weighted by molar-refractivity contribution is 0.541. The highest BCUT2D eigenvalue weighted by atomic mass is 15.0. The zero-order chi connectivity index (χ0) is 12.6. The SMILES string of the molecule is CCNc1nc(C(C)(C)C)nc(C2CC2)c1C. The van der Waals surface area contributed by atoms with Gasteiger partial charge in [-0.15, -0.1) is 0 Å². The molecular formula is C14H23N3. The van der Waals surface area contributed by atoms with Crippen LogP contribution in [0, 0.1) is 6.92 Å². The molecule has 1 saturated carbocycles. The highest BCUT2D eigenvalue weighted by molar-refractivity contribution is 5.48. The average Bonchev–Trinajstić information content (AvgIpc) is 3.03. The summed E-state index contributed by atoms with van der Waals surface area (Å²) in [4.78, 5) is 9.48. The molecule has 0 amide bonds. The number of nitrogens with one attached hydrogen (secondary N) is 1. The molecule has 0 atom stereocenters. The van der Waals surface area contributed by atoms with Crippen molar-refractivity contribution in [3.63, 3.8) is 0 Å². The van der Waals surface area contributed by atoms with Crippen molar-refractivity contribution < 1.29 is 0 Å². The molecular weight excluding hydrogens is 210 g/mol. The highest BCUT2D eigenvalue weighted by Crippen LogP contribution is 2.42. The Morgan fingerprint density at radius 1 is 1.24 bits per heavy atom. The summed E-state index contributed by atoms with van der Waals surface area (Å²) in [5.74, 6) is 2.66. The van der Waals surface area contributed by atoms with E-state index in [9.17, 15) is 0 Å². The Morgan fingerprint density at radius 3 is 2.35 bits per heavy atom. The molecule has 1 aliphatic rings.